The van der Waals surface area contributed by atoms with Gasteiger partial charge in [-0.1, -0.05) is 89.6 Å². The lowest BCUT2D eigenvalue weighted by atomic mass is 9.81. The maximum absolute atomic E-state index is 10.8. The predicted octanol–water partition coefficient (Wildman–Crippen LogP) is 10.4. The molecule has 0 radical (unpaired) electrons. The van der Waals surface area contributed by atoms with Gasteiger partial charge in [0, 0.05) is 92.4 Å². The maximum Gasteiger partial charge on any atom is 0.123 e. The zero-order chi connectivity index (χ0) is 39.0. The molecule has 0 unspecified atom stereocenters. The van der Waals surface area contributed by atoms with E-state index in [0.717, 1.165) is 5.92 Å². The number of aromatic hydroxyl groups is 8. The van der Waals surface area contributed by atoms with Gasteiger partial charge in [-0.05, 0) is 49.1 Å². The second kappa shape index (κ2) is 15.5. The van der Waals surface area contributed by atoms with E-state index in [1.54, 1.807) is 52.0 Å². The van der Waals surface area contributed by atoms with Gasteiger partial charge in [-0.25, -0.2) is 0 Å². The number of benzene rings is 5. The fraction of sp³-hybridized carbons (Fsp3) is 0.348. The third-order valence-electron chi connectivity index (χ3n) is 11.8. The van der Waals surface area contributed by atoms with E-state index in [0.29, 0.717) is 44.5 Å². The molecule has 8 heteroatoms. The van der Waals surface area contributed by atoms with E-state index >= 15 is 0 Å². The zero-order valence-corrected chi connectivity index (χ0v) is 31.6. The number of phenolic OH excluding ortho intramolecular Hbond substituents is 8. The van der Waals surface area contributed by atoms with Gasteiger partial charge in [-0.3, -0.25) is 0 Å². The number of hydrogen-bond acceptors (Lipinski definition) is 8. The summed E-state index contributed by atoms with van der Waals surface area (Å²) in [4.78, 5) is 0. The van der Waals surface area contributed by atoms with Crippen molar-refractivity contribution in [1.29, 1.82) is 0 Å². The Hall–Kier alpha value is -5.50. The molecule has 0 aromatic heterocycles. The van der Waals surface area contributed by atoms with Crippen molar-refractivity contribution in [1.82, 2.24) is 0 Å². The third-order valence-corrected chi connectivity index (χ3v) is 11.8. The van der Waals surface area contributed by atoms with Gasteiger partial charge < -0.3 is 40.9 Å². The van der Waals surface area contributed by atoms with E-state index in [1.807, 2.05) is 0 Å². The van der Waals surface area contributed by atoms with E-state index in [1.165, 1.54) is 73.9 Å². The minimum absolute atomic E-state index is 0.200. The average Bonchev–Trinajstić information content (AvgIpc) is 3.12. The van der Waals surface area contributed by atoms with Crippen LogP contribution >= 0.6 is 0 Å². The van der Waals surface area contributed by atoms with Crippen molar-refractivity contribution >= 4 is 0 Å². The highest BCUT2D eigenvalue weighted by Crippen LogP contribution is 2.49. The van der Waals surface area contributed by atoms with Crippen molar-refractivity contribution in [3.05, 3.63) is 128 Å². The minimum Gasteiger partial charge on any atom is -0.508 e. The number of aryl methyl sites for hydroxylation is 1. The molecular weight excluding hydrogens is 680 g/mol. The molecule has 54 heavy (non-hydrogen) atoms. The molecule has 2 aliphatic carbocycles. The Morgan fingerprint density at radius 2 is 0.648 bits per heavy atom. The Labute approximate surface area is 317 Å². The molecular formula is C46H52O8. The lowest BCUT2D eigenvalue weighted by molar-refractivity contribution is 0.356. The maximum atomic E-state index is 10.8. The normalized spacial score (nSPS) is 19.8. The van der Waals surface area contributed by atoms with Crippen LogP contribution in [0.2, 0.25) is 0 Å². The Morgan fingerprint density at radius 1 is 0.389 bits per heavy atom. The van der Waals surface area contributed by atoms with E-state index in [2.05, 4.69) is 31.2 Å². The van der Waals surface area contributed by atoms with Crippen molar-refractivity contribution in [2.45, 2.75) is 96.8 Å². The van der Waals surface area contributed by atoms with Crippen LogP contribution in [0.15, 0.2) is 72.8 Å². The summed E-state index contributed by atoms with van der Waals surface area (Å²) in [7, 11) is 0. The highest BCUT2D eigenvalue weighted by atomic mass is 16.3. The average molecular weight is 733 g/mol. The molecule has 5 aromatic carbocycles. The Morgan fingerprint density at radius 3 is 0.907 bits per heavy atom. The van der Waals surface area contributed by atoms with Crippen molar-refractivity contribution < 1.29 is 40.9 Å². The second-order valence-corrected chi connectivity index (χ2v) is 15.5. The molecule has 7 rings (SSSR count). The molecule has 1 saturated carbocycles. The van der Waals surface area contributed by atoms with Gasteiger partial charge in [0.2, 0.25) is 0 Å². The van der Waals surface area contributed by atoms with Crippen molar-refractivity contribution in [3.8, 4) is 46.0 Å². The molecule has 0 amide bonds. The molecule has 0 aliphatic heterocycles. The molecule has 0 spiro atoms. The van der Waals surface area contributed by atoms with Crippen molar-refractivity contribution in [3.63, 3.8) is 0 Å². The van der Waals surface area contributed by atoms with E-state index in [9.17, 15) is 40.9 Å². The van der Waals surface area contributed by atoms with Crippen LogP contribution in [0.25, 0.3) is 0 Å². The summed E-state index contributed by atoms with van der Waals surface area (Å²) in [5.74, 6) is -3.03. The van der Waals surface area contributed by atoms with E-state index in [4.69, 9.17) is 0 Å². The molecule has 2 aliphatic rings. The summed E-state index contributed by atoms with van der Waals surface area (Å²) < 4.78 is 0. The Bertz CT molecular complexity index is 1800. The van der Waals surface area contributed by atoms with Crippen LogP contribution in [-0.4, -0.2) is 40.9 Å². The molecule has 5 aromatic rings. The molecule has 0 heterocycles. The van der Waals surface area contributed by atoms with Crippen molar-refractivity contribution in [2.24, 2.45) is 5.92 Å². The smallest absolute Gasteiger partial charge is 0.123 e. The molecule has 8 bridgehead atoms. The highest BCUT2D eigenvalue weighted by Gasteiger charge is 2.29. The molecule has 8 N–H and O–H groups in total. The monoisotopic (exact) mass is 732 g/mol. The van der Waals surface area contributed by atoms with Gasteiger partial charge in [0.05, 0.1) is 0 Å². The summed E-state index contributed by atoms with van der Waals surface area (Å²) in [6.45, 7) is 9.21. The topological polar surface area (TPSA) is 162 Å². The first kappa shape index (κ1) is 38.2. The summed E-state index contributed by atoms with van der Waals surface area (Å²) >= 11 is 0. The number of hydrogen-bond donors (Lipinski definition) is 8. The van der Waals surface area contributed by atoms with Crippen LogP contribution in [0, 0.1) is 12.8 Å². The Balaban J connectivity index is 0.000000297. The summed E-state index contributed by atoms with van der Waals surface area (Å²) in [5.41, 5.74) is 6.07. The van der Waals surface area contributed by atoms with Gasteiger partial charge >= 0.3 is 0 Å². The number of fused-ring (bicyclic) bond motifs is 8. The van der Waals surface area contributed by atoms with Gasteiger partial charge in [0.15, 0.2) is 0 Å². The van der Waals surface area contributed by atoms with Crippen molar-refractivity contribution in [2.75, 3.05) is 0 Å². The van der Waals surface area contributed by atoms with E-state index < -0.39 is 23.7 Å². The number of rotatable bonds is 2. The first-order valence-corrected chi connectivity index (χ1v) is 18.9. The summed E-state index contributed by atoms with van der Waals surface area (Å²) in [6, 6.07) is 20.3. The van der Waals surface area contributed by atoms with Crippen LogP contribution in [0.3, 0.4) is 0 Å². The van der Waals surface area contributed by atoms with Crippen LogP contribution in [0.4, 0.5) is 0 Å². The fourth-order valence-corrected chi connectivity index (χ4v) is 8.34. The number of phenols is 8. The predicted molar refractivity (Wildman–Crippen MR) is 211 cm³/mol. The fourth-order valence-electron chi connectivity index (χ4n) is 8.34. The molecule has 0 saturated heterocycles. The molecule has 0 atom stereocenters. The van der Waals surface area contributed by atoms with Gasteiger partial charge in [0.1, 0.15) is 46.0 Å². The van der Waals surface area contributed by atoms with Crippen LogP contribution in [0.5, 0.6) is 46.0 Å². The molecule has 1 fully saturated rings. The molecule has 8 nitrogen and oxygen atoms in total. The first-order valence-electron chi connectivity index (χ1n) is 18.9. The lowest BCUT2D eigenvalue weighted by Gasteiger charge is -2.25. The summed E-state index contributed by atoms with van der Waals surface area (Å²) in [6.07, 6.45) is 8.58. The van der Waals surface area contributed by atoms with Gasteiger partial charge in [-0.15, -0.1) is 0 Å². The standard InChI is InChI=1S/C32H32O8.C14H20/c1-13-17-5-19(27(35)9-25(17)33)14(2)21-7-23(31(39)11-29(21)37)16(4)24-8-22(30(38)12-32(24)40)15(3)20-6-18(13)26(34)10-28(20)36;1-12-7-9-14(10-8-12)11-13-5-3-2-4-6-13/h5-16,33-40H,1-4H3;7-10,13H,2-6,11H2,1H3. The minimum atomic E-state index is -0.598. The van der Waals surface area contributed by atoms with E-state index in [-0.39, 0.29) is 46.0 Å². The Kier molecular flexibility index (Phi) is 10.9. The quantitative estimate of drug-likeness (QED) is 0.0889. The van der Waals surface area contributed by atoms with Gasteiger partial charge in [0.25, 0.3) is 0 Å². The summed E-state index contributed by atoms with van der Waals surface area (Å²) in [5, 5.41) is 86.5. The van der Waals surface area contributed by atoms with Gasteiger partial charge in [-0.2, -0.15) is 0 Å². The largest absolute Gasteiger partial charge is 0.508 e. The van der Waals surface area contributed by atoms with Crippen LogP contribution in [0.1, 0.15) is 139 Å². The lowest BCUT2D eigenvalue weighted by Crippen LogP contribution is -2.09. The second-order valence-electron chi connectivity index (χ2n) is 15.5. The third kappa shape index (κ3) is 7.61. The highest BCUT2D eigenvalue weighted by molar-refractivity contribution is 5.61. The zero-order valence-electron chi connectivity index (χ0n) is 31.6. The van der Waals surface area contributed by atoms with Crippen LogP contribution < -0.4 is 0 Å². The first-order chi connectivity index (χ1) is 25.6. The van der Waals surface area contributed by atoms with Crippen LogP contribution in [-0.2, 0) is 6.42 Å². The molecule has 284 valence electrons. The SMILES string of the molecule is CC1c2cc(c(O)cc2O)C(C)c2cc(c(O)cc2O)C(C)c2cc(c(O)cc2O)C(C)c2cc1c(O)cc2O.Cc1ccc(CC2CCCCC2)cc1.